The standard InChI is InChI=1S/C16H24N2O3/c1-4-16-14(7-8-21-16)10-17-12(3)13-6-5-11(2)15(9-13)18(19)20/h5-6,9,12,14,16-17H,4,7-8,10H2,1-3H3. The van der Waals surface area contributed by atoms with E-state index in [1.54, 1.807) is 13.0 Å². The molecular formula is C16H24N2O3. The molecule has 1 aliphatic rings. The summed E-state index contributed by atoms with van der Waals surface area (Å²) >= 11 is 0. The van der Waals surface area contributed by atoms with E-state index >= 15 is 0 Å². The van der Waals surface area contributed by atoms with Crippen LogP contribution in [-0.2, 0) is 4.74 Å². The first-order valence-corrected chi connectivity index (χ1v) is 7.62. The number of ether oxygens (including phenoxy) is 1. The van der Waals surface area contributed by atoms with Gasteiger partial charge < -0.3 is 10.1 Å². The second-order valence-electron chi connectivity index (χ2n) is 5.80. The molecular weight excluding hydrogens is 268 g/mol. The molecule has 1 aromatic rings. The largest absolute Gasteiger partial charge is 0.378 e. The Kier molecular flexibility index (Phi) is 5.31. The molecule has 0 amide bonds. The molecule has 5 nitrogen and oxygen atoms in total. The number of hydrogen-bond acceptors (Lipinski definition) is 4. The molecule has 1 heterocycles. The molecule has 0 aromatic heterocycles. The third-order valence-corrected chi connectivity index (χ3v) is 4.36. The number of nitrogens with zero attached hydrogens (tertiary/aromatic N) is 1. The van der Waals surface area contributed by atoms with Crippen molar-refractivity contribution >= 4 is 5.69 Å². The van der Waals surface area contributed by atoms with E-state index in [1.165, 1.54) is 0 Å². The number of nitro groups is 1. The minimum absolute atomic E-state index is 0.0995. The van der Waals surface area contributed by atoms with Gasteiger partial charge in [-0.3, -0.25) is 10.1 Å². The van der Waals surface area contributed by atoms with Crippen molar-refractivity contribution < 1.29 is 9.66 Å². The zero-order valence-corrected chi connectivity index (χ0v) is 13.0. The average Bonchev–Trinajstić information content (AvgIpc) is 2.92. The summed E-state index contributed by atoms with van der Waals surface area (Å²) in [4.78, 5) is 10.7. The molecule has 1 N–H and O–H groups in total. The highest BCUT2D eigenvalue weighted by Gasteiger charge is 2.26. The molecule has 1 aliphatic heterocycles. The average molecular weight is 292 g/mol. The van der Waals surface area contributed by atoms with Crippen LogP contribution in [0.5, 0.6) is 0 Å². The van der Waals surface area contributed by atoms with Crippen molar-refractivity contribution in [3.63, 3.8) is 0 Å². The minimum atomic E-state index is -0.316. The lowest BCUT2D eigenvalue weighted by Gasteiger charge is -2.21. The molecule has 0 saturated carbocycles. The predicted octanol–water partition coefficient (Wildman–Crippen LogP) is 3.37. The summed E-state index contributed by atoms with van der Waals surface area (Å²) in [6.45, 7) is 7.69. The monoisotopic (exact) mass is 292 g/mol. The quantitative estimate of drug-likeness (QED) is 0.645. The number of rotatable bonds is 6. The van der Waals surface area contributed by atoms with Crippen LogP contribution in [0.25, 0.3) is 0 Å². The summed E-state index contributed by atoms with van der Waals surface area (Å²) in [5.74, 6) is 0.540. The van der Waals surface area contributed by atoms with Crippen molar-refractivity contribution in [2.75, 3.05) is 13.2 Å². The second-order valence-corrected chi connectivity index (χ2v) is 5.80. The van der Waals surface area contributed by atoms with Crippen molar-refractivity contribution in [3.8, 4) is 0 Å². The molecule has 0 aliphatic carbocycles. The Hall–Kier alpha value is -1.46. The van der Waals surface area contributed by atoms with Crippen LogP contribution in [0, 0.1) is 23.0 Å². The van der Waals surface area contributed by atoms with E-state index in [9.17, 15) is 10.1 Å². The smallest absolute Gasteiger partial charge is 0.272 e. The maximum Gasteiger partial charge on any atom is 0.272 e. The van der Waals surface area contributed by atoms with Crippen molar-refractivity contribution in [2.45, 2.75) is 45.8 Å². The Morgan fingerprint density at radius 3 is 2.95 bits per heavy atom. The number of benzene rings is 1. The summed E-state index contributed by atoms with van der Waals surface area (Å²) < 4.78 is 5.69. The van der Waals surface area contributed by atoms with Crippen LogP contribution < -0.4 is 5.32 Å². The highest BCUT2D eigenvalue weighted by molar-refractivity contribution is 5.43. The lowest BCUT2D eigenvalue weighted by molar-refractivity contribution is -0.385. The Morgan fingerprint density at radius 1 is 1.52 bits per heavy atom. The Balaban J connectivity index is 1.98. The van der Waals surface area contributed by atoms with E-state index in [2.05, 4.69) is 12.2 Å². The zero-order valence-electron chi connectivity index (χ0n) is 13.0. The molecule has 0 bridgehead atoms. The van der Waals surface area contributed by atoms with Crippen LogP contribution in [-0.4, -0.2) is 24.2 Å². The van der Waals surface area contributed by atoms with Crippen LogP contribution in [0.4, 0.5) is 5.69 Å². The van der Waals surface area contributed by atoms with Gasteiger partial charge in [0.05, 0.1) is 11.0 Å². The molecule has 1 aromatic carbocycles. The third kappa shape index (κ3) is 3.80. The molecule has 0 spiro atoms. The first-order chi connectivity index (χ1) is 10.0. The van der Waals surface area contributed by atoms with Crippen LogP contribution in [0.2, 0.25) is 0 Å². The van der Waals surface area contributed by atoms with Crippen molar-refractivity contribution in [1.29, 1.82) is 0 Å². The normalized spacial score (nSPS) is 23.2. The SMILES string of the molecule is CCC1OCCC1CNC(C)c1ccc(C)c([N+](=O)[O-])c1. The summed E-state index contributed by atoms with van der Waals surface area (Å²) in [5.41, 5.74) is 1.85. The fraction of sp³-hybridized carbons (Fsp3) is 0.625. The number of aryl methyl sites for hydroxylation is 1. The molecule has 21 heavy (non-hydrogen) atoms. The van der Waals surface area contributed by atoms with E-state index in [-0.39, 0.29) is 16.7 Å². The van der Waals surface area contributed by atoms with Gasteiger partial charge in [0, 0.05) is 30.8 Å². The molecule has 5 heteroatoms. The fourth-order valence-electron chi connectivity index (χ4n) is 2.92. The van der Waals surface area contributed by atoms with E-state index in [0.29, 0.717) is 17.6 Å². The fourth-order valence-corrected chi connectivity index (χ4v) is 2.92. The first-order valence-electron chi connectivity index (χ1n) is 7.62. The minimum Gasteiger partial charge on any atom is -0.378 e. The van der Waals surface area contributed by atoms with Gasteiger partial charge in [0.25, 0.3) is 5.69 Å². The summed E-state index contributed by atoms with van der Waals surface area (Å²) in [7, 11) is 0. The Bertz CT molecular complexity index is 504. The van der Waals surface area contributed by atoms with Gasteiger partial charge in [0.1, 0.15) is 0 Å². The van der Waals surface area contributed by atoms with Crippen molar-refractivity contribution in [1.82, 2.24) is 5.32 Å². The third-order valence-electron chi connectivity index (χ3n) is 4.36. The Morgan fingerprint density at radius 2 is 2.29 bits per heavy atom. The highest BCUT2D eigenvalue weighted by Crippen LogP contribution is 2.25. The highest BCUT2D eigenvalue weighted by atomic mass is 16.6. The van der Waals surface area contributed by atoms with E-state index in [0.717, 1.165) is 31.6 Å². The number of hydrogen-bond donors (Lipinski definition) is 1. The predicted molar refractivity (Wildman–Crippen MR) is 82.4 cm³/mol. The molecule has 116 valence electrons. The van der Waals surface area contributed by atoms with Gasteiger partial charge in [-0.2, -0.15) is 0 Å². The van der Waals surface area contributed by atoms with Gasteiger partial charge in [-0.25, -0.2) is 0 Å². The summed E-state index contributed by atoms with van der Waals surface area (Å²) in [6.07, 6.45) is 2.47. The number of nitro benzene ring substituents is 1. The number of nitrogens with one attached hydrogen (secondary N) is 1. The van der Waals surface area contributed by atoms with E-state index < -0.39 is 0 Å². The van der Waals surface area contributed by atoms with Crippen LogP contribution in [0.3, 0.4) is 0 Å². The van der Waals surface area contributed by atoms with Crippen LogP contribution in [0.15, 0.2) is 18.2 Å². The second kappa shape index (κ2) is 7.00. The van der Waals surface area contributed by atoms with Crippen LogP contribution in [0.1, 0.15) is 43.9 Å². The molecule has 1 saturated heterocycles. The Labute approximate surface area is 125 Å². The van der Waals surface area contributed by atoms with Gasteiger partial charge in [0.2, 0.25) is 0 Å². The van der Waals surface area contributed by atoms with Gasteiger partial charge >= 0.3 is 0 Å². The van der Waals surface area contributed by atoms with Gasteiger partial charge in [-0.15, -0.1) is 0 Å². The summed E-state index contributed by atoms with van der Waals surface area (Å²) in [5, 5.41) is 14.5. The van der Waals surface area contributed by atoms with Crippen molar-refractivity contribution in [3.05, 3.63) is 39.4 Å². The molecule has 2 rings (SSSR count). The lowest BCUT2D eigenvalue weighted by atomic mass is 9.98. The molecule has 1 fully saturated rings. The molecule has 0 radical (unpaired) electrons. The zero-order chi connectivity index (χ0) is 15.4. The lowest BCUT2D eigenvalue weighted by Crippen LogP contribution is -2.30. The molecule has 3 atom stereocenters. The first kappa shape index (κ1) is 15.9. The van der Waals surface area contributed by atoms with E-state index in [4.69, 9.17) is 4.74 Å². The summed E-state index contributed by atoms with van der Waals surface area (Å²) in [6, 6.07) is 5.55. The maximum absolute atomic E-state index is 11.0. The van der Waals surface area contributed by atoms with Gasteiger partial charge in [-0.05, 0) is 38.2 Å². The maximum atomic E-state index is 11.0. The molecule has 3 unspecified atom stereocenters. The van der Waals surface area contributed by atoms with Gasteiger partial charge in [-0.1, -0.05) is 19.1 Å². The van der Waals surface area contributed by atoms with Crippen LogP contribution >= 0.6 is 0 Å². The van der Waals surface area contributed by atoms with Crippen molar-refractivity contribution in [2.24, 2.45) is 5.92 Å². The topological polar surface area (TPSA) is 64.4 Å². The van der Waals surface area contributed by atoms with Gasteiger partial charge in [0.15, 0.2) is 0 Å². The van der Waals surface area contributed by atoms with E-state index in [1.807, 2.05) is 19.1 Å².